The lowest BCUT2D eigenvalue weighted by Crippen LogP contribution is -2.32. The van der Waals surface area contributed by atoms with Gasteiger partial charge in [0.2, 0.25) is 17.7 Å². The molecule has 6 heteroatoms. The minimum atomic E-state index is 0.0302. The first kappa shape index (κ1) is 9.70. The molecule has 2 rings (SSSR count). The maximum atomic E-state index is 11.5. The molecule has 0 aliphatic carbocycles. The number of hydrogen-bond donors (Lipinski definition) is 1. The Labute approximate surface area is 87.1 Å². The smallest absolute Gasteiger partial charge is 0.228 e. The molecule has 6 nitrogen and oxygen atoms in total. The number of fused-ring (bicyclic) bond motifs is 1. The minimum Gasteiger partial charge on any atom is -0.481 e. The van der Waals surface area contributed by atoms with Crippen LogP contribution in [0.4, 0.5) is 11.8 Å². The average molecular weight is 208 g/mol. The Morgan fingerprint density at radius 2 is 2.13 bits per heavy atom. The Balaban J connectivity index is 2.58. The number of carbonyl (C=O) groups is 1. The van der Waals surface area contributed by atoms with Crippen molar-refractivity contribution >= 4 is 17.7 Å². The quantitative estimate of drug-likeness (QED) is 0.701. The van der Waals surface area contributed by atoms with Crippen LogP contribution < -0.4 is 15.4 Å². The molecule has 15 heavy (non-hydrogen) atoms. The molecule has 0 atom stereocenters. The second-order valence-corrected chi connectivity index (χ2v) is 3.35. The highest BCUT2D eigenvalue weighted by atomic mass is 16.5. The third-order valence-corrected chi connectivity index (χ3v) is 2.44. The highest BCUT2D eigenvalue weighted by Gasteiger charge is 2.26. The summed E-state index contributed by atoms with van der Waals surface area (Å²) in [5.74, 6) is 1.15. The van der Waals surface area contributed by atoms with Gasteiger partial charge in [-0.15, -0.1) is 0 Å². The third-order valence-electron chi connectivity index (χ3n) is 2.44. The molecule has 2 N–H and O–H groups in total. The average Bonchev–Trinajstić information content (AvgIpc) is 2.23. The lowest BCUT2D eigenvalue weighted by molar-refractivity contribution is -0.118. The van der Waals surface area contributed by atoms with E-state index in [0.717, 1.165) is 5.56 Å². The standard InChI is InChI=1S/C9H12N4O2/c1-13-6(14)4-3-5-7(13)11-9(10)12-8(5)15-2/h3-4H2,1-2H3,(H2,10,11,12). The Morgan fingerprint density at radius 1 is 1.40 bits per heavy atom. The van der Waals surface area contributed by atoms with Crippen molar-refractivity contribution in [1.82, 2.24) is 9.97 Å². The van der Waals surface area contributed by atoms with Gasteiger partial charge in [-0.25, -0.2) is 0 Å². The monoisotopic (exact) mass is 208 g/mol. The van der Waals surface area contributed by atoms with Gasteiger partial charge in [-0.2, -0.15) is 9.97 Å². The second-order valence-electron chi connectivity index (χ2n) is 3.35. The number of methoxy groups -OCH3 is 1. The number of rotatable bonds is 1. The van der Waals surface area contributed by atoms with Gasteiger partial charge in [0, 0.05) is 13.5 Å². The number of amides is 1. The van der Waals surface area contributed by atoms with E-state index in [-0.39, 0.29) is 11.9 Å². The maximum absolute atomic E-state index is 11.5. The highest BCUT2D eigenvalue weighted by molar-refractivity contribution is 5.95. The van der Waals surface area contributed by atoms with Gasteiger partial charge in [0.25, 0.3) is 0 Å². The summed E-state index contributed by atoms with van der Waals surface area (Å²) in [6.45, 7) is 0. The Bertz CT molecular complexity index is 419. The van der Waals surface area contributed by atoms with Crippen LogP contribution in [-0.4, -0.2) is 30.0 Å². The summed E-state index contributed by atoms with van der Waals surface area (Å²) < 4.78 is 5.11. The molecule has 0 unspecified atom stereocenters. The molecule has 80 valence electrons. The van der Waals surface area contributed by atoms with Crippen molar-refractivity contribution in [3.05, 3.63) is 5.56 Å². The number of nitrogen functional groups attached to an aromatic ring is 1. The Kier molecular flexibility index (Phi) is 2.18. The number of carbonyl (C=O) groups excluding carboxylic acids is 1. The predicted octanol–water partition coefficient (Wildman–Crippen LogP) is -0.0236. The van der Waals surface area contributed by atoms with E-state index in [1.807, 2.05) is 0 Å². The summed E-state index contributed by atoms with van der Waals surface area (Å²) in [5.41, 5.74) is 6.37. The van der Waals surface area contributed by atoms with Crippen molar-refractivity contribution in [2.45, 2.75) is 12.8 Å². The van der Waals surface area contributed by atoms with E-state index in [4.69, 9.17) is 10.5 Å². The summed E-state index contributed by atoms with van der Waals surface area (Å²) in [6.07, 6.45) is 1.05. The largest absolute Gasteiger partial charge is 0.481 e. The Hall–Kier alpha value is -1.85. The van der Waals surface area contributed by atoms with Crippen LogP contribution in [0.2, 0.25) is 0 Å². The molecule has 0 aromatic carbocycles. The molecule has 0 saturated heterocycles. The number of aromatic nitrogens is 2. The fourth-order valence-corrected chi connectivity index (χ4v) is 1.65. The summed E-state index contributed by atoms with van der Waals surface area (Å²) in [4.78, 5) is 21.0. The first-order valence-electron chi connectivity index (χ1n) is 4.60. The molecule has 1 aromatic rings. The van der Waals surface area contributed by atoms with Crippen molar-refractivity contribution in [3.63, 3.8) is 0 Å². The predicted molar refractivity (Wildman–Crippen MR) is 54.7 cm³/mol. The van der Waals surface area contributed by atoms with Crippen molar-refractivity contribution in [1.29, 1.82) is 0 Å². The van der Waals surface area contributed by atoms with Crippen LogP contribution in [0.25, 0.3) is 0 Å². The first-order chi connectivity index (χ1) is 7.13. The normalized spacial score (nSPS) is 15.1. The Morgan fingerprint density at radius 3 is 2.80 bits per heavy atom. The van der Waals surface area contributed by atoms with Crippen molar-refractivity contribution in [2.24, 2.45) is 0 Å². The van der Waals surface area contributed by atoms with Gasteiger partial charge in [-0.05, 0) is 6.42 Å². The molecule has 0 fully saturated rings. The molecule has 2 heterocycles. The van der Waals surface area contributed by atoms with Gasteiger partial charge in [0.05, 0.1) is 12.7 Å². The summed E-state index contributed by atoms with van der Waals surface area (Å²) in [7, 11) is 3.20. The highest BCUT2D eigenvalue weighted by Crippen LogP contribution is 2.31. The minimum absolute atomic E-state index is 0.0302. The van der Waals surface area contributed by atoms with Gasteiger partial charge in [-0.3, -0.25) is 9.69 Å². The van der Waals surface area contributed by atoms with E-state index in [1.54, 1.807) is 7.05 Å². The summed E-state index contributed by atoms with van der Waals surface area (Å²) in [6, 6.07) is 0. The van der Waals surface area contributed by atoms with E-state index in [2.05, 4.69) is 9.97 Å². The van der Waals surface area contributed by atoms with E-state index in [1.165, 1.54) is 12.0 Å². The third kappa shape index (κ3) is 1.47. The lowest BCUT2D eigenvalue weighted by Gasteiger charge is -2.25. The van der Waals surface area contributed by atoms with E-state index < -0.39 is 0 Å². The molecule has 0 spiro atoms. The van der Waals surface area contributed by atoms with Crippen LogP contribution >= 0.6 is 0 Å². The SMILES string of the molecule is COc1nc(N)nc2c1CCC(=O)N2C. The molecule has 1 aliphatic rings. The number of nitrogens with two attached hydrogens (primary N) is 1. The summed E-state index contributed by atoms with van der Waals surface area (Å²) in [5, 5.41) is 0. The van der Waals surface area contributed by atoms with Crippen molar-refractivity contribution in [3.8, 4) is 5.88 Å². The number of nitrogens with zero attached hydrogens (tertiary/aromatic N) is 3. The van der Waals surface area contributed by atoms with Crippen molar-refractivity contribution < 1.29 is 9.53 Å². The zero-order chi connectivity index (χ0) is 11.0. The number of ether oxygens (including phenoxy) is 1. The van der Waals surface area contributed by atoms with Crippen LogP contribution in [0.3, 0.4) is 0 Å². The number of hydrogen-bond acceptors (Lipinski definition) is 5. The van der Waals surface area contributed by atoms with E-state index >= 15 is 0 Å². The van der Waals surface area contributed by atoms with Crippen LogP contribution in [0, 0.1) is 0 Å². The maximum Gasteiger partial charge on any atom is 0.228 e. The molecule has 0 radical (unpaired) electrons. The van der Waals surface area contributed by atoms with Gasteiger partial charge < -0.3 is 10.5 Å². The van der Waals surface area contributed by atoms with Gasteiger partial charge in [0.1, 0.15) is 5.82 Å². The molecule has 1 amide bonds. The molecule has 0 bridgehead atoms. The molecule has 0 saturated carbocycles. The second kappa shape index (κ2) is 3.38. The summed E-state index contributed by atoms with van der Waals surface area (Å²) >= 11 is 0. The van der Waals surface area contributed by atoms with Crippen molar-refractivity contribution in [2.75, 3.05) is 24.8 Å². The first-order valence-corrected chi connectivity index (χ1v) is 4.60. The van der Waals surface area contributed by atoms with Crippen LogP contribution in [0.5, 0.6) is 5.88 Å². The molecule has 1 aromatic heterocycles. The van der Waals surface area contributed by atoms with Gasteiger partial charge in [-0.1, -0.05) is 0 Å². The molecular formula is C9H12N4O2. The van der Waals surface area contributed by atoms with Crippen LogP contribution in [-0.2, 0) is 11.2 Å². The zero-order valence-corrected chi connectivity index (χ0v) is 8.65. The van der Waals surface area contributed by atoms with E-state index in [9.17, 15) is 4.79 Å². The van der Waals surface area contributed by atoms with E-state index in [0.29, 0.717) is 24.5 Å². The number of anilines is 2. The van der Waals surface area contributed by atoms with Gasteiger partial charge >= 0.3 is 0 Å². The van der Waals surface area contributed by atoms with Crippen LogP contribution in [0.1, 0.15) is 12.0 Å². The molecular weight excluding hydrogens is 196 g/mol. The zero-order valence-electron chi connectivity index (χ0n) is 8.65. The lowest BCUT2D eigenvalue weighted by atomic mass is 10.1. The van der Waals surface area contributed by atoms with Gasteiger partial charge in [0.15, 0.2) is 0 Å². The fourth-order valence-electron chi connectivity index (χ4n) is 1.65. The fraction of sp³-hybridized carbons (Fsp3) is 0.444. The molecule has 1 aliphatic heterocycles. The van der Waals surface area contributed by atoms with Crippen LogP contribution in [0.15, 0.2) is 0 Å². The topological polar surface area (TPSA) is 81.3 Å².